The highest BCUT2D eigenvalue weighted by molar-refractivity contribution is 14.1. The topological polar surface area (TPSA) is 0 Å². The Balaban J connectivity index is 2.49. The lowest BCUT2D eigenvalue weighted by Gasteiger charge is -2.39. The molecule has 1 rings (SSSR count). The average Bonchev–Trinajstić information content (AvgIpc) is 2.04. The Labute approximate surface area is 97.0 Å². The second-order valence-corrected chi connectivity index (χ2v) is 6.61. The maximum atomic E-state index is 2.53. The Kier molecular flexibility index (Phi) is 4.09. The average molecular weight is 294 g/mol. The predicted octanol–water partition coefficient (Wildman–Crippen LogP) is 4.81. The van der Waals surface area contributed by atoms with Gasteiger partial charge in [0.2, 0.25) is 0 Å². The van der Waals surface area contributed by atoms with Gasteiger partial charge in [0.25, 0.3) is 0 Å². The van der Waals surface area contributed by atoms with Crippen molar-refractivity contribution in [3.8, 4) is 0 Å². The van der Waals surface area contributed by atoms with Crippen LogP contribution >= 0.6 is 22.6 Å². The van der Waals surface area contributed by atoms with Crippen molar-refractivity contribution in [2.75, 3.05) is 4.43 Å². The van der Waals surface area contributed by atoms with Crippen molar-refractivity contribution in [3.05, 3.63) is 0 Å². The molecule has 1 fully saturated rings. The standard InChI is InChI=1S/C12H23I/c1-11(2,10-13)9-12(3)7-5-4-6-8-12/h4-10H2,1-3H3. The van der Waals surface area contributed by atoms with E-state index in [2.05, 4.69) is 43.4 Å². The van der Waals surface area contributed by atoms with Crippen LogP contribution < -0.4 is 0 Å². The number of halogens is 1. The fraction of sp³-hybridized carbons (Fsp3) is 1.00. The normalized spacial score (nSPS) is 23.1. The van der Waals surface area contributed by atoms with Crippen molar-refractivity contribution >= 4 is 22.6 Å². The maximum Gasteiger partial charge on any atom is 0.00469 e. The Morgan fingerprint density at radius 3 is 2.15 bits per heavy atom. The summed E-state index contributed by atoms with van der Waals surface area (Å²) in [6, 6.07) is 0. The van der Waals surface area contributed by atoms with E-state index in [0.717, 1.165) is 0 Å². The molecular formula is C12H23I. The number of hydrogen-bond donors (Lipinski definition) is 0. The molecule has 0 amide bonds. The predicted molar refractivity (Wildman–Crippen MR) is 68.5 cm³/mol. The molecule has 0 nitrogen and oxygen atoms in total. The van der Waals surface area contributed by atoms with Crippen LogP contribution in [-0.2, 0) is 0 Å². The van der Waals surface area contributed by atoms with Crippen molar-refractivity contribution < 1.29 is 0 Å². The van der Waals surface area contributed by atoms with Crippen molar-refractivity contribution in [1.29, 1.82) is 0 Å². The van der Waals surface area contributed by atoms with Gasteiger partial charge in [0.05, 0.1) is 0 Å². The third-order valence-electron chi connectivity index (χ3n) is 3.33. The van der Waals surface area contributed by atoms with E-state index in [0.29, 0.717) is 10.8 Å². The molecule has 78 valence electrons. The first-order valence-electron chi connectivity index (χ1n) is 5.54. The molecular weight excluding hydrogens is 271 g/mol. The molecule has 0 aromatic heterocycles. The van der Waals surface area contributed by atoms with E-state index < -0.39 is 0 Å². The quantitative estimate of drug-likeness (QED) is 0.517. The Morgan fingerprint density at radius 1 is 1.15 bits per heavy atom. The van der Waals surface area contributed by atoms with E-state index in [1.165, 1.54) is 43.0 Å². The van der Waals surface area contributed by atoms with E-state index >= 15 is 0 Å². The van der Waals surface area contributed by atoms with Gasteiger partial charge in [0.1, 0.15) is 0 Å². The van der Waals surface area contributed by atoms with Crippen LogP contribution in [-0.4, -0.2) is 4.43 Å². The van der Waals surface area contributed by atoms with E-state index in [-0.39, 0.29) is 0 Å². The summed E-state index contributed by atoms with van der Waals surface area (Å²) >= 11 is 2.53. The van der Waals surface area contributed by atoms with Gasteiger partial charge in [-0.3, -0.25) is 0 Å². The zero-order valence-electron chi connectivity index (χ0n) is 9.33. The first-order chi connectivity index (χ1) is 5.97. The number of hydrogen-bond acceptors (Lipinski definition) is 0. The van der Waals surface area contributed by atoms with Crippen LogP contribution in [0.15, 0.2) is 0 Å². The number of rotatable bonds is 3. The van der Waals surface area contributed by atoms with Crippen LogP contribution in [0.2, 0.25) is 0 Å². The fourth-order valence-corrected chi connectivity index (χ4v) is 3.05. The molecule has 0 radical (unpaired) electrons. The minimum atomic E-state index is 0.548. The van der Waals surface area contributed by atoms with Crippen LogP contribution in [0.25, 0.3) is 0 Å². The van der Waals surface area contributed by atoms with Gasteiger partial charge in [0, 0.05) is 4.43 Å². The molecule has 0 aliphatic heterocycles. The SMILES string of the molecule is CC(C)(CI)CC1(C)CCCCC1. The molecule has 0 saturated heterocycles. The van der Waals surface area contributed by atoms with Crippen LogP contribution in [0.3, 0.4) is 0 Å². The van der Waals surface area contributed by atoms with Crippen molar-refractivity contribution in [2.24, 2.45) is 10.8 Å². The van der Waals surface area contributed by atoms with Crippen LogP contribution in [0, 0.1) is 10.8 Å². The molecule has 0 unspecified atom stereocenters. The Hall–Kier alpha value is 0.730. The van der Waals surface area contributed by atoms with E-state index in [4.69, 9.17) is 0 Å². The van der Waals surface area contributed by atoms with Crippen molar-refractivity contribution in [2.45, 2.75) is 59.3 Å². The van der Waals surface area contributed by atoms with E-state index in [1.54, 1.807) is 0 Å². The first kappa shape index (κ1) is 11.8. The minimum Gasteiger partial charge on any atom is -0.0858 e. The Bertz CT molecular complexity index is 155. The van der Waals surface area contributed by atoms with Gasteiger partial charge in [0.15, 0.2) is 0 Å². The lowest BCUT2D eigenvalue weighted by molar-refractivity contribution is 0.138. The Morgan fingerprint density at radius 2 is 1.69 bits per heavy atom. The summed E-state index contributed by atoms with van der Waals surface area (Å²) in [6.07, 6.45) is 8.75. The summed E-state index contributed by atoms with van der Waals surface area (Å²) in [5, 5.41) is 0. The summed E-state index contributed by atoms with van der Waals surface area (Å²) in [7, 11) is 0. The van der Waals surface area contributed by atoms with Gasteiger partial charge in [-0.2, -0.15) is 0 Å². The largest absolute Gasteiger partial charge is 0.0858 e. The molecule has 1 aliphatic carbocycles. The monoisotopic (exact) mass is 294 g/mol. The molecule has 1 aliphatic rings. The number of alkyl halides is 1. The zero-order valence-corrected chi connectivity index (χ0v) is 11.5. The molecule has 1 saturated carbocycles. The lowest BCUT2D eigenvalue weighted by atomic mass is 9.67. The van der Waals surface area contributed by atoms with Gasteiger partial charge < -0.3 is 0 Å². The maximum absolute atomic E-state index is 2.53. The van der Waals surface area contributed by atoms with Crippen LogP contribution in [0.1, 0.15) is 59.3 Å². The molecule has 0 atom stereocenters. The third-order valence-corrected chi connectivity index (χ3v) is 5.39. The summed E-state index contributed by atoms with van der Waals surface area (Å²) in [4.78, 5) is 0. The molecule has 0 aromatic carbocycles. The van der Waals surface area contributed by atoms with Crippen molar-refractivity contribution in [1.82, 2.24) is 0 Å². The first-order valence-corrected chi connectivity index (χ1v) is 7.06. The molecule has 0 N–H and O–H groups in total. The van der Waals surface area contributed by atoms with E-state index in [1.807, 2.05) is 0 Å². The second kappa shape index (κ2) is 4.50. The highest BCUT2D eigenvalue weighted by Gasteiger charge is 2.32. The molecule has 0 spiro atoms. The van der Waals surface area contributed by atoms with Gasteiger partial charge in [-0.25, -0.2) is 0 Å². The summed E-state index contributed by atoms with van der Waals surface area (Å²) in [5.74, 6) is 0. The van der Waals surface area contributed by atoms with Crippen LogP contribution in [0.5, 0.6) is 0 Å². The van der Waals surface area contributed by atoms with Gasteiger partial charge in [-0.1, -0.05) is 62.6 Å². The summed E-state index contributed by atoms with van der Waals surface area (Å²) in [6.45, 7) is 7.33. The van der Waals surface area contributed by atoms with Gasteiger partial charge in [-0.05, 0) is 30.1 Å². The third kappa shape index (κ3) is 3.77. The lowest BCUT2D eigenvalue weighted by Crippen LogP contribution is -2.28. The molecule has 0 aromatic rings. The molecule has 0 bridgehead atoms. The zero-order chi connectivity index (χ0) is 9.95. The molecule has 0 heterocycles. The fourth-order valence-electron chi connectivity index (χ4n) is 2.78. The highest BCUT2D eigenvalue weighted by atomic mass is 127. The van der Waals surface area contributed by atoms with Crippen molar-refractivity contribution in [3.63, 3.8) is 0 Å². The summed E-state index contributed by atoms with van der Waals surface area (Å²) < 4.78 is 1.29. The van der Waals surface area contributed by atoms with Gasteiger partial charge >= 0.3 is 0 Å². The van der Waals surface area contributed by atoms with Gasteiger partial charge in [-0.15, -0.1) is 0 Å². The smallest absolute Gasteiger partial charge is 0.00469 e. The second-order valence-electron chi connectivity index (χ2n) is 5.85. The summed E-state index contributed by atoms with van der Waals surface area (Å²) in [5.41, 5.74) is 1.21. The van der Waals surface area contributed by atoms with Crippen LogP contribution in [0.4, 0.5) is 0 Å². The highest BCUT2D eigenvalue weighted by Crippen LogP contribution is 2.44. The molecule has 13 heavy (non-hydrogen) atoms. The molecule has 1 heteroatoms. The minimum absolute atomic E-state index is 0.548. The van der Waals surface area contributed by atoms with E-state index in [9.17, 15) is 0 Å².